The van der Waals surface area contributed by atoms with Crippen LogP contribution in [0.15, 0.2) is 17.0 Å². The first-order valence-corrected chi connectivity index (χ1v) is 7.19. The first kappa shape index (κ1) is 14.7. The highest BCUT2D eigenvalue weighted by Crippen LogP contribution is 2.36. The molecule has 0 saturated carbocycles. The summed E-state index contributed by atoms with van der Waals surface area (Å²) in [7, 11) is 1.75. The normalized spacial score (nSPS) is 29.2. The first-order chi connectivity index (χ1) is 10.1. The zero-order chi connectivity index (χ0) is 15.1. The predicted molar refractivity (Wildman–Crippen MR) is 77.8 cm³/mol. The maximum Gasteiger partial charge on any atom is 0.164 e. The van der Waals surface area contributed by atoms with Gasteiger partial charge in [-0.3, -0.25) is 0 Å². The number of nitrogens with one attached hydrogen (secondary N) is 1. The van der Waals surface area contributed by atoms with Crippen LogP contribution in [0.5, 0.6) is 0 Å². The Kier molecular flexibility index (Phi) is 3.84. The lowest BCUT2D eigenvalue weighted by Gasteiger charge is -2.17. The van der Waals surface area contributed by atoms with E-state index < -0.39 is 24.5 Å². The summed E-state index contributed by atoms with van der Waals surface area (Å²) in [5.41, 5.74) is 0.552. The van der Waals surface area contributed by atoms with Crippen LogP contribution < -0.4 is 5.32 Å². The van der Waals surface area contributed by atoms with Crippen molar-refractivity contribution in [2.45, 2.75) is 24.5 Å². The smallest absolute Gasteiger partial charge is 0.164 e. The van der Waals surface area contributed by atoms with Gasteiger partial charge in [0.25, 0.3) is 0 Å². The van der Waals surface area contributed by atoms with Crippen molar-refractivity contribution in [3.05, 3.63) is 17.0 Å². The number of halogens is 1. The molecule has 4 atom stereocenters. The molecule has 1 saturated heterocycles. The Morgan fingerprint density at radius 2 is 2.14 bits per heavy atom. The van der Waals surface area contributed by atoms with Crippen LogP contribution in [0.3, 0.4) is 0 Å². The van der Waals surface area contributed by atoms with Gasteiger partial charge in [-0.25, -0.2) is 9.97 Å². The molecule has 2 aromatic heterocycles. The number of rotatable bonds is 3. The van der Waals surface area contributed by atoms with Gasteiger partial charge in [0.1, 0.15) is 36.1 Å². The topological polar surface area (TPSA) is 113 Å². The molecule has 0 bridgehead atoms. The largest absolute Gasteiger partial charge is 0.394 e. The van der Waals surface area contributed by atoms with E-state index in [-0.39, 0.29) is 6.61 Å². The number of ether oxygens (including phenoxy) is 1. The van der Waals surface area contributed by atoms with E-state index in [4.69, 9.17) is 9.84 Å². The number of aliphatic hydroxyl groups excluding tert-OH is 3. The molecule has 0 radical (unpaired) electrons. The van der Waals surface area contributed by atoms with E-state index in [1.54, 1.807) is 17.8 Å². The van der Waals surface area contributed by atoms with Crippen LogP contribution >= 0.6 is 15.9 Å². The van der Waals surface area contributed by atoms with E-state index in [2.05, 4.69) is 31.2 Å². The highest BCUT2D eigenvalue weighted by molar-refractivity contribution is 9.10. The fourth-order valence-electron chi connectivity index (χ4n) is 2.53. The summed E-state index contributed by atoms with van der Waals surface area (Å²) in [4.78, 5) is 8.35. The highest BCUT2D eigenvalue weighted by Gasteiger charge is 2.44. The molecule has 2 aromatic rings. The molecule has 1 fully saturated rings. The molecular weight excluding hydrogens is 344 g/mol. The van der Waals surface area contributed by atoms with Gasteiger partial charge in [0, 0.05) is 17.7 Å². The number of fused-ring (bicyclic) bond motifs is 1. The fraction of sp³-hybridized carbons (Fsp3) is 0.500. The molecule has 0 amide bonds. The molecule has 114 valence electrons. The van der Waals surface area contributed by atoms with E-state index >= 15 is 0 Å². The molecule has 0 spiro atoms. The van der Waals surface area contributed by atoms with Crippen LogP contribution in [-0.4, -0.2) is 61.8 Å². The lowest BCUT2D eigenvalue weighted by atomic mass is 10.1. The summed E-state index contributed by atoms with van der Waals surface area (Å²) in [6.45, 7) is -0.369. The van der Waals surface area contributed by atoms with Gasteiger partial charge in [0.2, 0.25) is 0 Å². The third-order valence-corrected chi connectivity index (χ3v) is 4.19. The van der Waals surface area contributed by atoms with Crippen LogP contribution in [0.25, 0.3) is 11.0 Å². The SMILES string of the molecule is CNc1ncnc2c1c(Br)cn2[C@@H]1O[C@H](CO)[C@@H](O)[C@H]1O. The molecule has 4 N–H and O–H groups in total. The van der Waals surface area contributed by atoms with Gasteiger partial charge in [0.15, 0.2) is 6.23 Å². The van der Waals surface area contributed by atoms with E-state index in [9.17, 15) is 10.2 Å². The van der Waals surface area contributed by atoms with Gasteiger partial charge in [-0.15, -0.1) is 0 Å². The van der Waals surface area contributed by atoms with Crippen molar-refractivity contribution in [3.8, 4) is 0 Å². The summed E-state index contributed by atoms with van der Waals surface area (Å²) in [6.07, 6.45) is -0.851. The molecule has 3 rings (SSSR count). The zero-order valence-corrected chi connectivity index (χ0v) is 12.7. The van der Waals surface area contributed by atoms with E-state index in [0.717, 1.165) is 9.86 Å². The minimum absolute atomic E-state index is 0.369. The van der Waals surface area contributed by atoms with Crippen molar-refractivity contribution < 1.29 is 20.1 Å². The second-order valence-electron chi connectivity index (χ2n) is 4.78. The lowest BCUT2D eigenvalue weighted by molar-refractivity contribution is -0.0509. The van der Waals surface area contributed by atoms with Gasteiger partial charge < -0.3 is 29.9 Å². The molecule has 0 aromatic carbocycles. The Labute approximate surface area is 128 Å². The quantitative estimate of drug-likeness (QED) is 0.603. The number of anilines is 1. The lowest BCUT2D eigenvalue weighted by Crippen LogP contribution is -2.33. The summed E-state index contributed by atoms with van der Waals surface area (Å²) >= 11 is 3.43. The van der Waals surface area contributed by atoms with Crippen molar-refractivity contribution in [1.29, 1.82) is 0 Å². The summed E-state index contributed by atoms with van der Waals surface area (Å²) in [5, 5.41) is 32.9. The summed E-state index contributed by atoms with van der Waals surface area (Å²) in [6, 6.07) is 0. The number of aromatic nitrogens is 3. The van der Waals surface area contributed by atoms with E-state index in [0.29, 0.717) is 11.5 Å². The maximum atomic E-state index is 10.1. The molecule has 21 heavy (non-hydrogen) atoms. The predicted octanol–water partition coefficient (Wildman–Crippen LogP) is -0.153. The van der Waals surface area contributed by atoms with Crippen molar-refractivity contribution >= 4 is 32.8 Å². The Hall–Kier alpha value is -1.26. The second kappa shape index (κ2) is 5.50. The van der Waals surface area contributed by atoms with Gasteiger partial charge >= 0.3 is 0 Å². The molecule has 0 aliphatic carbocycles. The van der Waals surface area contributed by atoms with Gasteiger partial charge in [-0.1, -0.05) is 0 Å². The van der Waals surface area contributed by atoms with Crippen LogP contribution in [0, 0.1) is 0 Å². The van der Waals surface area contributed by atoms with Crippen molar-refractivity contribution in [2.24, 2.45) is 0 Å². The standard InChI is InChI=1S/C12H15BrN4O4/c1-14-10-7-5(13)2-17(11(7)16-4-15-10)12-9(20)8(19)6(3-18)21-12/h2,4,6,8-9,12,18-20H,3H2,1H3,(H,14,15,16)/t6-,8-,9-,12-/m1/s1. The second-order valence-corrected chi connectivity index (χ2v) is 5.64. The van der Waals surface area contributed by atoms with Crippen LogP contribution in [-0.2, 0) is 4.74 Å². The molecule has 9 heteroatoms. The average molecular weight is 359 g/mol. The summed E-state index contributed by atoms with van der Waals surface area (Å²) < 4.78 is 7.88. The molecule has 8 nitrogen and oxygen atoms in total. The van der Waals surface area contributed by atoms with E-state index in [1.807, 2.05) is 0 Å². The Balaban J connectivity index is 2.10. The third kappa shape index (κ3) is 2.21. The van der Waals surface area contributed by atoms with Crippen LogP contribution in [0.4, 0.5) is 5.82 Å². The molecular formula is C12H15BrN4O4. The minimum Gasteiger partial charge on any atom is -0.394 e. The molecule has 3 heterocycles. The maximum absolute atomic E-state index is 10.1. The minimum atomic E-state index is -1.15. The summed E-state index contributed by atoms with van der Waals surface area (Å²) in [5.74, 6) is 0.636. The number of aliphatic hydroxyl groups is 3. The number of hydrogen-bond acceptors (Lipinski definition) is 7. The first-order valence-electron chi connectivity index (χ1n) is 6.39. The van der Waals surface area contributed by atoms with Crippen molar-refractivity contribution in [3.63, 3.8) is 0 Å². The van der Waals surface area contributed by atoms with Gasteiger partial charge in [-0.05, 0) is 15.9 Å². The van der Waals surface area contributed by atoms with Gasteiger partial charge in [-0.2, -0.15) is 0 Å². The van der Waals surface area contributed by atoms with Gasteiger partial charge in [0.05, 0.1) is 12.0 Å². The number of nitrogens with zero attached hydrogens (tertiary/aromatic N) is 3. The van der Waals surface area contributed by atoms with Crippen molar-refractivity contribution in [1.82, 2.24) is 14.5 Å². The zero-order valence-electron chi connectivity index (χ0n) is 11.1. The van der Waals surface area contributed by atoms with Crippen LogP contribution in [0.1, 0.15) is 6.23 Å². The van der Waals surface area contributed by atoms with Crippen molar-refractivity contribution in [2.75, 3.05) is 19.0 Å². The van der Waals surface area contributed by atoms with E-state index in [1.165, 1.54) is 6.33 Å². The molecule has 0 unspecified atom stereocenters. The highest BCUT2D eigenvalue weighted by atomic mass is 79.9. The fourth-order valence-corrected chi connectivity index (χ4v) is 3.12. The monoisotopic (exact) mass is 358 g/mol. The number of hydrogen-bond donors (Lipinski definition) is 4. The Morgan fingerprint density at radius 1 is 1.38 bits per heavy atom. The third-order valence-electron chi connectivity index (χ3n) is 3.59. The molecule has 1 aliphatic rings. The average Bonchev–Trinajstić information content (AvgIpc) is 2.98. The molecule has 1 aliphatic heterocycles. The Morgan fingerprint density at radius 3 is 2.76 bits per heavy atom. The Bertz CT molecular complexity index is 664. The van der Waals surface area contributed by atoms with Crippen LogP contribution in [0.2, 0.25) is 0 Å².